The molecule has 0 spiro atoms. The van der Waals surface area contributed by atoms with Gasteiger partial charge in [0.2, 0.25) is 11.8 Å². The average Bonchev–Trinajstić information content (AvgIpc) is 3.72. The number of benzene rings is 2. The number of nitrogens with zero attached hydrogens (tertiary/aromatic N) is 6. The molecule has 2 aliphatic heterocycles. The van der Waals surface area contributed by atoms with Crippen LogP contribution in [0.1, 0.15) is 84.5 Å². The van der Waals surface area contributed by atoms with Crippen molar-refractivity contribution in [3.05, 3.63) is 81.0 Å². The highest BCUT2D eigenvalue weighted by molar-refractivity contribution is 7.18. The molecule has 2 N–H and O–H groups in total. The Labute approximate surface area is 333 Å². The van der Waals surface area contributed by atoms with Crippen molar-refractivity contribution in [1.82, 2.24) is 29.3 Å². The predicted octanol–water partition coefficient (Wildman–Crippen LogP) is 6.75. The van der Waals surface area contributed by atoms with Crippen LogP contribution < -0.4 is 21.2 Å². The summed E-state index contributed by atoms with van der Waals surface area (Å²) >= 11 is 1.42. The number of aryl methyl sites for hydroxylation is 1. The number of nitrogens with one attached hydrogen (secondary N) is 2. The molecule has 3 aliphatic rings. The first-order valence-electron chi connectivity index (χ1n) is 19.3. The summed E-state index contributed by atoms with van der Waals surface area (Å²) in [5, 5.41) is 5.54. The molecule has 1 unspecified atom stereocenters. The van der Waals surface area contributed by atoms with E-state index in [4.69, 9.17) is 4.98 Å². The summed E-state index contributed by atoms with van der Waals surface area (Å²) in [6.45, 7) is 2.07. The van der Waals surface area contributed by atoms with Crippen LogP contribution in [0.2, 0.25) is 0 Å². The van der Waals surface area contributed by atoms with E-state index in [2.05, 4.69) is 27.6 Å². The fourth-order valence-corrected chi connectivity index (χ4v) is 9.94. The first-order valence-corrected chi connectivity index (χ1v) is 20.1. The lowest BCUT2D eigenvalue weighted by atomic mass is 9.82. The Balaban J connectivity index is 0.868. The Morgan fingerprint density at radius 1 is 0.966 bits per heavy atom. The van der Waals surface area contributed by atoms with Gasteiger partial charge in [-0.2, -0.15) is 13.2 Å². The van der Waals surface area contributed by atoms with E-state index in [-0.39, 0.29) is 36.4 Å². The van der Waals surface area contributed by atoms with Crippen molar-refractivity contribution >= 4 is 61.7 Å². The van der Waals surface area contributed by atoms with E-state index in [0.29, 0.717) is 45.9 Å². The number of halogens is 5. The molecule has 5 heterocycles. The number of fused-ring (bicyclic) bond motifs is 2. The number of imide groups is 1. The number of thiazole rings is 1. The number of pyridine rings is 1. The van der Waals surface area contributed by atoms with Crippen LogP contribution in [0.4, 0.5) is 33.3 Å². The molecule has 3 aromatic heterocycles. The third-order valence-corrected chi connectivity index (χ3v) is 13.0. The monoisotopic (exact) mass is 824 g/mol. The Bertz CT molecular complexity index is 2480. The van der Waals surface area contributed by atoms with Gasteiger partial charge in [0.15, 0.2) is 0 Å². The number of piperidine rings is 2. The van der Waals surface area contributed by atoms with Gasteiger partial charge in [0.1, 0.15) is 29.1 Å². The Morgan fingerprint density at radius 3 is 2.41 bits per heavy atom. The molecule has 3 fully saturated rings. The number of alkyl halides is 3. The van der Waals surface area contributed by atoms with Gasteiger partial charge in [0, 0.05) is 51.1 Å². The van der Waals surface area contributed by atoms with Gasteiger partial charge >= 0.3 is 11.9 Å². The number of aromatic nitrogens is 4. The second kappa shape index (κ2) is 15.5. The lowest BCUT2D eigenvalue weighted by Gasteiger charge is -2.40. The fraction of sp³-hybridized carbons (Fsp3) is 0.450. The number of carbonyl (C=O) groups excluding carboxylic acids is 3. The molecule has 1 aliphatic carbocycles. The standard InChI is InChI=1S/C40H41F5N8O4S/c1-50(23-14-16-52(17-15-23)34-24(41)10-11-29-35(34)51(2)39(57)53(29)30-12-13-33(54)49-37(30)56)20-21-6-8-22(9-7-21)38-48-28-18-25(42)27(19-31(28)58-38)47-36(55)26-4-3-5-32(46-26)40(43,44)45/h3-5,10-11,18-19,21-23,30H,6-9,12-17,20H2,1-2H3,(H,47,55)(H,49,54,56)/t21-,22-,30?. The quantitative estimate of drug-likeness (QED) is 0.130. The molecule has 2 aromatic carbocycles. The molecule has 5 aromatic rings. The lowest BCUT2D eigenvalue weighted by molar-refractivity contribution is -0.141. The largest absolute Gasteiger partial charge is 0.433 e. The van der Waals surface area contributed by atoms with Gasteiger partial charge in [-0.3, -0.25) is 28.8 Å². The zero-order valence-electron chi connectivity index (χ0n) is 31.7. The van der Waals surface area contributed by atoms with Crippen LogP contribution in [0.5, 0.6) is 0 Å². The van der Waals surface area contributed by atoms with Crippen molar-refractivity contribution in [3.63, 3.8) is 0 Å². The van der Waals surface area contributed by atoms with Gasteiger partial charge in [-0.25, -0.2) is 23.5 Å². The fourth-order valence-electron chi connectivity index (χ4n) is 8.78. The Hall–Kier alpha value is -5.23. The van der Waals surface area contributed by atoms with Crippen LogP contribution in [-0.4, -0.2) is 74.4 Å². The zero-order valence-corrected chi connectivity index (χ0v) is 32.6. The van der Waals surface area contributed by atoms with Crippen molar-refractivity contribution in [2.75, 3.05) is 36.9 Å². The van der Waals surface area contributed by atoms with Crippen molar-refractivity contribution in [2.24, 2.45) is 13.0 Å². The Morgan fingerprint density at radius 2 is 1.71 bits per heavy atom. The van der Waals surface area contributed by atoms with E-state index in [1.807, 2.05) is 4.90 Å². The third-order valence-electron chi connectivity index (χ3n) is 11.9. The van der Waals surface area contributed by atoms with E-state index in [0.717, 1.165) is 68.3 Å². The zero-order chi connectivity index (χ0) is 41.0. The topological polar surface area (TPSA) is 134 Å². The van der Waals surface area contributed by atoms with Crippen molar-refractivity contribution < 1.29 is 36.3 Å². The third kappa shape index (κ3) is 7.58. The number of anilines is 2. The van der Waals surface area contributed by atoms with Crippen molar-refractivity contribution in [1.29, 1.82) is 0 Å². The van der Waals surface area contributed by atoms with Crippen LogP contribution in [0.15, 0.2) is 47.3 Å². The molecule has 58 heavy (non-hydrogen) atoms. The van der Waals surface area contributed by atoms with Gasteiger partial charge < -0.3 is 15.1 Å². The molecule has 3 amide bonds. The van der Waals surface area contributed by atoms with Gasteiger partial charge in [0.25, 0.3) is 5.91 Å². The van der Waals surface area contributed by atoms with E-state index >= 15 is 8.78 Å². The number of rotatable bonds is 8. The number of imidazole rings is 1. The normalized spacial score (nSPS) is 21.0. The molecule has 306 valence electrons. The van der Waals surface area contributed by atoms with E-state index < -0.39 is 52.7 Å². The Kier molecular flexibility index (Phi) is 10.6. The van der Waals surface area contributed by atoms with Crippen molar-refractivity contribution in [3.8, 4) is 0 Å². The molecular formula is C40H41F5N8O4S. The summed E-state index contributed by atoms with van der Waals surface area (Å²) in [4.78, 5) is 63.0. The van der Waals surface area contributed by atoms with Gasteiger partial charge in [-0.05, 0) is 88.2 Å². The van der Waals surface area contributed by atoms with E-state index in [9.17, 15) is 32.3 Å². The molecule has 12 nitrogen and oxygen atoms in total. The van der Waals surface area contributed by atoms with Gasteiger partial charge in [0.05, 0.1) is 37.6 Å². The minimum atomic E-state index is -4.73. The van der Waals surface area contributed by atoms with E-state index in [1.165, 1.54) is 44.7 Å². The smallest absolute Gasteiger partial charge is 0.367 e. The summed E-state index contributed by atoms with van der Waals surface area (Å²) in [6.07, 6.45) is 0.954. The van der Waals surface area contributed by atoms with Crippen LogP contribution in [-0.2, 0) is 22.8 Å². The van der Waals surface area contributed by atoms with Crippen LogP contribution >= 0.6 is 11.3 Å². The summed E-state index contributed by atoms with van der Waals surface area (Å²) in [7, 11) is 3.70. The maximum Gasteiger partial charge on any atom is 0.433 e. The van der Waals surface area contributed by atoms with Crippen LogP contribution in [0.3, 0.4) is 0 Å². The minimum absolute atomic E-state index is 0.116. The lowest BCUT2D eigenvalue weighted by Crippen LogP contribution is -2.45. The molecule has 1 atom stereocenters. The number of hydrogen-bond acceptors (Lipinski definition) is 9. The minimum Gasteiger partial charge on any atom is -0.367 e. The van der Waals surface area contributed by atoms with Crippen LogP contribution in [0, 0.1) is 17.6 Å². The number of hydrogen-bond donors (Lipinski definition) is 2. The SMILES string of the molecule is CN(C[C@H]1CC[C@H](c2nc3cc(F)c(NC(=O)c4cccc(C(F)(F)F)n4)cc3s2)CC1)C1CCN(c2c(F)ccc3c2n(C)c(=O)n3C2CCC(=O)NC2=O)CC1. The predicted molar refractivity (Wildman–Crippen MR) is 208 cm³/mol. The molecule has 1 saturated carbocycles. The van der Waals surface area contributed by atoms with Crippen molar-refractivity contribution in [2.45, 2.75) is 75.5 Å². The molecule has 18 heteroatoms. The van der Waals surface area contributed by atoms with E-state index in [1.54, 1.807) is 7.05 Å². The first-order chi connectivity index (χ1) is 27.7. The second-order valence-electron chi connectivity index (χ2n) is 15.5. The molecule has 0 bridgehead atoms. The maximum absolute atomic E-state index is 15.6. The summed E-state index contributed by atoms with van der Waals surface area (Å²) in [5.74, 6) is -2.41. The summed E-state index contributed by atoms with van der Waals surface area (Å²) < 4.78 is 73.3. The first kappa shape index (κ1) is 39.6. The van der Waals surface area contributed by atoms with Gasteiger partial charge in [-0.1, -0.05) is 6.07 Å². The highest BCUT2D eigenvalue weighted by Gasteiger charge is 2.35. The summed E-state index contributed by atoms with van der Waals surface area (Å²) in [5.41, 5.74) is -0.630. The number of carbonyl (C=O) groups is 3. The van der Waals surface area contributed by atoms with Crippen LogP contribution in [0.25, 0.3) is 21.3 Å². The molecule has 2 saturated heterocycles. The highest BCUT2D eigenvalue weighted by atomic mass is 32.1. The molecule has 0 radical (unpaired) electrons. The average molecular weight is 825 g/mol. The summed E-state index contributed by atoms with van der Waals surface area (Å²) in [6, 6.07) is 7.93. The van der Waals surface area contributed by atoms with Gasteiger partial charge in [-0.15, -0.1) is 11.3 Å². The highest BCUT2D eigenvalue weighted by Crippen LogP contribution is 2.41. The molecule has 8 rings (SSSR count). The number of amides is 3. The molecular weight excluding hydrogens is 784 g/mol. The maximum atomic E-state index is 15.6. The second-order valence-corrected chi connectivity index (χ2v) is 16.6.